The number of nitrogens with zero attached hydrogens (tertiary/aromatic N) is 1. The quantitative estimate of drug-likeness (QED) is 0.610. The number of carbonyl (C=O) groups excluding carboxylic acids is 2. The Morgan fingerprint density at radius 3 is 2.48 bits per heavy atom. The van der Waals surface area contributed by atoms with Gasteiger partial charge in [0.15, 0.2) is 0 Å². The van der Waals surface area contributed by atoms with Crippen molar-refractivity contribution in [3.8, 4) is 5.75 Å². The van der Waals surface area contributed by atoms with E-state index in [1.54, 1.807) is 0 Å². The number of ether oxygens (including phenoxy) is 2. The molecule has 2 aromatic carbocycles. The predicted octanol–water partition coefficient (Wildman–Crippen LogP) is 4.32. The molecule has 6 nitrogen and oxygen atoms in total. The first-order valence-corrected chi connectivity index (χ1v) is 10.6. The van der Waals surface area contributed by atoms with E-state index in [0.29, 0.717) is 30.2 Å². The Morgan fingerprint density at radius 1 is 1.03 bits per heavy atom. The summed E-state index contributed by atoms with van der Waals surface area (Å²) in [4.78, 5) is 27.8. The number of hydrogen-bond donors (Lipinski definition) is 1. The molecule has 1 N–H and O–H groups in total. The molecule has 6 heteroatoms. The predicted molar refractivity (Wildman–Crippen MR) is 122 cm³/mol. The third-order valence-corrected chi connectivity index (χ3v) is 5.00. The van der Waals surface area contributed by atoms with Gasteiger partial charge in [0.2, 0.25) is 0 Å². The minimum atomic E-state index is -0.353. The van der Waals surface area contributed by atoms with E-state index >= 15 is 0 Å². The van der Waals surface area contributed by atoms with E-state index in [-0.39, 0.29) is 30.2 Å². The van der Waals surface area contributed by atoms with Gasteiger partial charge in [0.05, 0.1) is 31.4 Å². The SMILES string of the molecule is CCOc1cccc(NC2=C(c3ccc(C)cc3C)C(=O)N(CCOC(C)C)C2=O)c1. The zero-order valence-electron chi connectivity index (χ0n) is 18.8. The number of carbonyl (C=O) groups is 2. The monoisotopic (exact) mass is 422 g/mol. The first-order chi connectivity index (χ1) is 14.8. The molecule has 0 spiro atoms. The van der Waals surface area contributed by atoms with Crippen LogP contribution in [0.5, 0.6) is 5.75 Å². The molecular weight excluding hydrogens is 392 g/mol. The summed E-state index contributed by atoms with van der Waals surface area (Å²) < 4.78 is 11.1. The van der Waals surface area contributed by atoms with Crippen LogP contribution in [0.25, 0.3) is 5.57 Å². The molecule has 0 saturated heterocycles. The standard InChI is InChI=1S/C25H30N2O4/c1-6-30-20-9-7-8-19(15-20)26-23-22(21-11-10-17(4)14-18(21)5)24(28)27(25(23)29)12-13-31-16(2)3/h7-11,14-16,26H,6,12-13H2,1-5H3. The average molecular weight is 423 g/mol. The molecular formula is C25H30N2O4. The molecule has 2 aromatic rings. The average Bonchev–Trinajstić information content (AvgIpc) is 2.93. The minimum Gasteiger partial charge on any atom is -0.494 e. The number of benzene rings is 2. The summed E-state index contributed by atoms with van der Waals surface area (Å²) in [5, 5.41) is 3.19. The minimum absolute atomic E-state index is 0.0264. The zero-order chi connectivity index (χ0) is 22.5. The highest BCUT2D eigenvalue weighted by Gasteiger charge is 2.39. The van der Waals surface area contributed by atoms with Crippen LogP contribution in [0, 0.1) is 13.8 Å². The molecule has 1 aliphatic heterocycles. The summed E-state index contributed by atoms with van der Waals surface area (Å²) >= 11 is 0. The summed E-state index contributed by atoms with van der Waals surface area (Å²) in [6.07, 6.45) is 0.0264. The first kappa shape index (κ1) is 22.6. The van der Waals surface area contributed by atoms with Gasteiger partial charge >= 0.3 is 0 Å². The van der Waals surface area contributed by atoms with Crippen molar-refractivity contribution in [3.05, 3.63) is 64.9 Å². The van der Waals surface area contributed by atoms with Crippen molar-refractivity contribution in [2.75, 3.05) is 25.1 Å². The van der Waals surface area contributed by atoms with Gasteiger partial charge in [-0.05, 0) is 57.9 Å². The van der Waals surface area contributed by atoms with E-state index in [1.165, 1.54) is 4.90 Å². The summed E-state index contributed by atoms with van der Waals surface area (Å²) in [7, 11) is 0. The van der Waals surface area contributed by atoms with E-state index in [9.17, 15) is 9.59 Å². The van der Waals surface area contributed by atoms with Crippen molar-refractivity contribution >= 4 is 23.1 Å². The smallest absolute Gasteiger partial charge is 0.278 e. The summed E-state index contributed by atoms with van der Waals surface area (Å²) in [5.74, 6) is 0.0297. The molecule has 1 heterocycles. The second-order valence-electron chi connectivity index (χ2n) is 7.84. The summed E-state index contributed by atoms with van der Waals surface area (Å²) in [6, 6.07) is 13.2. The van der Waals surface area contributed by atoms with Gasteiger partial charge in [-0.1, -0.05) is 29.8 Å². The van der Waals surface area contributed by atoms with E-state index < -0.39 is 0 Å². The molecule has 0 unspecified atom stereocenters. The maximum atomic E-state index is 13.3. The van der Waals surface area contributed by atoms with Gasteiger partial charge < -0.3 is 14.8 Å². The molecule has 0 saturated carbocycles. The second kappa shape index (κ2) is 9.79. The Bertz CT molecular complexity index is 1010. The highest BCUT2D eigenvalue weighted by molar-refractivity contribution is 6.36. The lowest BCUT2D eigenvalue weighted by Crippen LogP contribution is -2.35. The number of nitrogens with one attached hydrogen (secondary N) is 1. The largest absolute Gasteiger partial charge is 0.494 e. The Balaban J connectivity index is 2.00. The molecule has 0 atom stereocenters. The Morgan fingerprint density at radius 2 is 1.81 bits per heavy atom. The van der Waals surface area contributed by atoms with Crippen molar-refractivity contribution in [2.45, 2.75) is 40.7 Å². The van der Waals surface area contributed by atoms with Crippen molar-refractivity contribution in [2.24, 2.45) is 0 Å². The molecule has 0 aromatic heterocycles. The zero-order valence-corrected chi connectivity index (χ0v) is 18.8. The lowest BCUT2D eigenvalue weighted by molar-refractivity contribution is -0.137. The Labute approximate surface area is 183 Å². The second-order valence-corrected chi connectivity index (χ2v) is 7.84. The van der Waals surface area contributed by atoms with Crippen molar-refractivity contribution in [1.29, 1.82) is 0 Å². The van der Waals surface area contributed by atoms with Crippen LogP contribution in [0.2, 0.25) is 0 Å². The highest BCUT2D eigenvalue weighted by atomic mass is 16.5. The number of anilines is 1. The summed E-state index contributed by atoms with van der Waals surface area (Å²) in [6.45, 7) is 10.7. The van der Waals surface area contributed by atoms with E-state index in [4.69, 9.17) is 9.47 Å². The number of rotatable bonds is 9. The van der Waals surface area contributed by atoms with Crippen LogP contribution < -0.4 is 10.1 Å². The fraction of sp³-hybridized carbons (Fsp3) is 0.360. The van der Waals surface area contributed by atoms with Crippen LogP contribution in [0.15, 0.2) is 48.2 Å². The van der Waals surface area contributed by atoms with Gasteiger partial charge in [0.25, 0.3) is 11.8 Å². The fourth-order valence-electron chi connectivity index (χ4n) is 3.59. The van der Waals surface area contributed by atoms with E-state index in [2.05, 4.69) is 5.32 Å². The van der Waals surface area contributed by atoms with Crippen LogP contribution >= 0.6 is 0 Å². The Hall–Kier alpha value is -3.12. The van der Waals surface area contributed by atoms with Crippen molar-refractivity contribution in [1.82, 2.24) is 4.90 Å². The lowest BCUT2D eigenvalue weighted by Gasteiger charge is -2.16. The normalized spacial score (nSPS) is 14.1. The van der Waals surface area contributed by atoms with Crippen LogP contribution in [-0.2, 0) is 14.3 Å². The van der Waals surface area contributed by atoms with Gasteiger partial charge in [-0.25, -0.2) is 0 Å². The Kier molecular flexibility index (Phi) is 7.13. The van der Waals surface area contributed by atoms with Crippen LogP contribution in [-0.4, -0.2) is 42.6 Å². The van der Waals surface area contributed by atoms with Crippen LogP contribution in [0.4, 0.5) is 5.69 Å². The van der Waals surface area contributed by atoms with Crippen LogP contribution in [0.3, 0.4) is 0 Å². The molecule has 2 amide bonds. The number of imide groups is 1. The third kappa shape index (κ3) is 5.14. The number of hydrogen-bond acceptors (Lipinski definition) is 5. The molecule has 0 bridgehead atoms. The molecule has 3 rings (SSSR count). The number of aryl methyl sites for hydroxylation is 2. The van der Waals surface area contributed by atoms with Gasteiger partial charge in [-0.15, -0.1) is 0 Å². The maximum Gasteiger partial charge on any atom is 0.278 e. The topological polar surface area (TPSA) is 67.9 Å². The van der Waals surface area contributed by atoms with E-state index in [0.717, 1.165) is 16.7 Å². The third-order valence-electron chi connectivity index (χ3n) is 5.00. The van der Waals surface area contributed by atoms with E-state index in [1.807, 2.05) is 77.1 Å². The molecule has 1 aliphatic rings. The molecule has 0 radical (unpaired) electrons. The lowest BCUT2D eigenvalue weighted by atomic mass is 9.97. The molecule has 31 heavy (non-hydrogen) atoms. The van der Waals surface area contributed by atoms with Crippen molar-refractivity contribution < 1.29 is 19.1 Å². The van der Waals surface area contributed by atoms with Gasteiger partial charge in [0, 0.05) is 11.8 Å². The summed E-state index contributed by atoms with van der Waals surface area (Å²) in [5.41, 5.74) is 4.13. The molecule has 0 aliphatic carbocycles. The molecule has 0 fully saturated rings. The van der Waals surface area contributed by atoms with Gasteiger partial charge in [-0.2, -0.15) is 0 Å². The molecule has 164 valence electrons. The van der Waals surface area contributed by atoms with Crippen LogP contribution in [0.1, 0.15) is 37.5 Å². The van der Waals surface area contributed by atoms with Gasteiger partial charge in [0.1, 0.15) is 11.4 Å². The first-order valence-electron chi connectivity index (χ1n) is 10.6. The fourth-order valence-corrected chi connectivity index (χ4v) is 3.59. The maximum absolute atomic E-state index is 13.3. The van der Waals surface area contributed by atoms with Crippen molar-refractivity contribution in [3.63, 3.8) is 0 Å². The van der Waals surface area contributed by atoms with Gasteiger partial charge in [-0.3, -0.25) is 14.5 Å². The highest BCUT2D eigenvalue weighted by Crippen LogP contribution is 2.33. The number of amides is 2.